The van der Waals surface area contributed by atoms with E-state index in [9.17, 15) is 24.3 Å². The van der Waals surface area contributed by atoms with Gasteiger partial charge in [0.1, 0.15) is 19.3 Å². The van der Waals surface area contributed by atoms with E-state index in [-0.39, 0.29) is 63.0 Å². The Morgan fingerprint density at radius 1 is 0.918 bits per heavy atom. The third-order valence-corrected chi connectivity index (χ3v) is 9.67. The Bertz CT molecular complexity index is 1630. The molecule has 3 aromatic carbocycles. The highest BCUT2D eigenvalue weighted by Crippen LogP contribution is 2.44. The molecule has 10 nitrogen and oxygen atoms in total. The van der Waals surface area contributed by atoms with E-state index in [2.05, 4.69) is 17.4 Å². The fourth-order valence-corrected chi connectivity index (χ4v) is 7.13. The minimum Gasteiger partial charge on any atom is -0.462 e. The van der Waals surface area contributed by atoms with Gasteiger partial charge in [-0.3, -0.25) is 9.59 Å². The first-order chi connectivity index (χ1) is 23.9. The van der Waals surface area contributed by atoms with Gasteiger partial charge in [0.25, 0.3) is 0 Å². The normalized spacial score (nSPS) is 21.3. The molecular weight excluding hydrogens is 622 g/mol. The molecule has 2 aliphatic heterocycles. The molecule has 2 N–H and O–H groups in total. The SMILES string of the molecule is O=C(N[C@H]1C/C=C\C[C@@H](CC(=O)N(CCO)Cc2ccccc2)C(=O)N2CCC[C@H]2COC1=O)OCC1c2ccccc2-c2ccccc21. The zero-order valence-corrected chi connectivity index (χ0v) is 27.5. The van der Waals surface area contributed by atoms with E-state index in [1.165, 1.54) is 0 Å². The molecule has 0 bridgehead atoms. The zero-order chi connectivity index (χ0) is 34.2. The summed E-state index contributed by atoms with van der Waals surface area (Å²) >= 11 is 0. The third-order valence-electron chi connectivity index (χ3n) is 9.67. The van der Waals surface area contributed by atoms with Crippen LogP contribution in [0.1, 0.15) is 54.7 Å². The number of fused-ring (bicyclic) bond motifs is 4. The number of hydrogen-bond acceptors (Lipinski definition) is 7. The molecule has 1 fully saturated rings. The summed E-state index contributed by atoms with van der Waals surface area (Å²) in [5.41, 5.74) is 5.36. The number of esters is 1. The van der Waals surface area contributed by atoms with Crippen molar-refractivity contribution in [1.29, 1.82) is 0 Å². The van der Waals surface area contributed by atoms with E-state index in [1.807, 2.05) is 66.7 Å². The minimum atomic E-state index is -0.983. The van der Waals surface area contributed by atoms with Crippen molar-refractivity contribution in [3.8, 4) is 11.1 Å². The van der Waals surface area contributed by atoms with Gasteiger partial charge in [0.05, 0.1) is 18.6 Å². The van der Waals surface area contributed by atoms with Gasteiger partial charge in [-0.15, -0.1) is 0 Å². The number of carbonyl (C=O) groups is 4. The lowest BCUT2D eigenvalue weighted by Gasteiger charge is -2.30. The molecular formula is C39H43N3O7. The predicted molar refractivity (Wildman–Crippen MR) is 183 cm³/mol. The third kappa shape index (κ3) is 8.03. The second-order valence-electron chi connectivity index (χ2n) is 12.8. The van der Waals surface area contributed by atoms with Gasteiger partial charge in [0, 0.05) is 32.0 Å². The van der Waals surface area contributed by atoms with Crippen LogP contribution in [0.5, 0.6) is 0 Å². The van der Waals surface area contributed by atoms with Crippen molar-refractivity contribution in [2.24, 2.45) is 5.92 Å². The molecule has 3 amide bonds. The fraction of sp³-hybridized carbons (Fsp3) is 0.385. The van der Waals surface area contributed by atoms with Crippen molar-refractivity contribution in [1.82, 2.24) is 15.1 Å². The summed E-state index contributed by atoms with van der Waals surface area (Å²) in [6, 6.07) is 24.4. The van der Waals surface area contributed by atoms with Crippen LogP contribution in [-0.2, 0) is 30.4 Å². The Labute approximate surface area is 286 Å². The largest absolute Gasteiger partial charge is 0.462 e. The number of nitrogens with one attached hydrogen (secondary N) is 1. The number of ether oxygens (including phenoxy) is 2. The summed E-state index contributed by atoms with van der Waals surface area (Å²) in [6.45, 7) is 0.945. The standard InChI is InChI=1S/C39H43N3O7/c43-22-21-41(24-27-11-2-1-3-12-27)36(44)23-28-13-4-9-19-35(38(46)48-25-29-14-10-20-42(29)37(28)45)40-39(47)49-26-34-32-17-7-5-15-30(32)31-16-6-8-18-33(31)34/h1-9,11-12,15-18,28-29,34-35,43H,10,13-14,19-26H2,(H,40,47)/b9-4-/t28-,29-,35-/m0/s1. The Hall–Kier alpha value is -4.96. The number of carbonyl (C=O) groups excluding carboxylic acids is 4. The number of hydrogen-bond donors (Lipinski definition) is 2. The van der Waals surface area contributed by atoms with Crippen LogP contribution in [-0.4, -0.2) is 83.8 Å². The van der Waals surface area contributed by atoms with Gasteiger partial charge in [-0.25, -0.2) is 9.59 Å². The molecule has 0 saturated carbocycles. The first-order valence-corrected chi connectivity index (χ1v) is 17.1. The zero-order valence-electron chi connectivity index (χ0n) is 27.5. The van der Waals surface area contributed by atoms with E-state index < -0.39 is 24.0 Å². The molecule has 2 heterocycles. The van der Waals surface area contributed by atoms with Gasteiger partial charge >= 0.3 is 12.1 Å². The van der Waals surface area contributed by atoms with Crippen LogP contribution in [0, 0.1) is 5.92 Å². The second kappa shape index (κ2) is 16.0. The molecule has 0 aromatic heterocycles. The van der Waals surface area contributed by atoms with E-state index in [0.29, 0.717) is 25.9 Å². The number of benzene rings is 3. The van der Waals surface area contributed by atoms with Gasteiger partial charge < -0.3 is 29.7 Å². The average Bonchev–Trinajstić information content (AvgIpc) is 3.72. The molecule has 1 saturated heterocycles. The molecule has 0 radical (unpaired) electrons. The maximum atomic E-state index is 13.8. The molecule has 49 heavy (non-hydrogen) atoms. The summed E-state index contributed by atoms with van der Waals surface area (Å²) in [4.78, 5) is 56.9. The van der Waals surface area contributed by atoms with E-state index >= 15 is 0 Å². The van der Waals surface area contributed by atoms with E-state index in [4.69, 9.17) is 9.47 Å². The Morgan fingerprint density at radius 2 is 1.59 bits per heavy atom. The molecule has 10 heteroatoms. The van der Waals surface area contributed by atoms with Crippen molar-refractivity contribution in [3.63, 3.8) is 0 Å². The highest BCUT2D eigenvalue weighted by molar-refractivity contribution is 5.87. The van der Waals surface area contributed by atoms with Gasteiger partial charge in [-0.05, 0) is 53.5 Å². The van der Waals surface area contributed by atoms with Crippen LogP contribution in [0.15, 0.2) is 91.0 Å². The lowest BCUT2D eigenvalue weighted by molar-refractivity contribution is -0.150. The predicted octanol–water partition coefficient (Wildman–Crippen LogP) is 4.81. The summed E-state index contributed by atoms with van der Waals surface area (Å²) in [5.74, 6) is -1.69. The Morgan fingerprint density at radius 3 is 2.31 bits per heavy atom. The monoisotopic (exact) mass is 665 g/mol. The van der Waals surface area contributed by atoms with Crippen LogP contribution in [0.2, 0.25) is 0 Å². The van der Waals surface area contributed by atoms with Gasteiger partial charge in [0.2, 0.25) is 11.8 Å². The number of rotatable bonds is 9. The highest BCUT2D eigenvalue weighted by atomic mass is 16.6. The first kappa shape index (κ1) is 33.9. The van der Waals surface area contributed by atoms with Crippen molar-refractivity contribution in [2.75, 3.05) is 32.9 Å². The number of aliphatic hydroxyl groups is 1. The molecule has 6 rings (SSSR count). The molecule has 0 unspecified atom stereocenters. The molecule has 3 aromatic rings. The molecule has 3 aliphatic rings. The number of allylic oxidation sites excluding steroid dienone is 1. The van der Waals surface area contributed by atoms with Crippen molar-refractivity contribution < 1.29 is 33.8 Å². The number of amides is 3. The van der Waals surface area contributed by atoms with Crippen LogP contribution >= 0.6 is 0 Å². The second-order valence-corrected chi connectivity index (χ2v) is 12.8. The summed E-state index contributed by atoms with van der Waals surface area (Å²) in [6.07, 6.45) is 4.65. The molecule has 0 spiro atoms. The number of nitrogens with zero attached hydrogens (tertiary/aromatic N) is 2. The first-order valence-electron chi connectivity index (χ1n) is 17.1. The number of alkyl carbamates (subject to hydrolysis) is 1. The van der Waals surface area contributed by atoms with Crippen molar-refractivity contribution in [3.05, 3.63) is 108 Å². The van der Waals surface area contributed by atoms with Crippen molar-refractivity contribution in [2.45, 2.75) is 56.7 Å². The van der Waals surface area contributed by atoms with Gasteiger partial charge in [-0.1, -0.05) is 91.0 Å². The Balaban J connectivity index is 1.12. The van der Waals surface area contributed by atoms with E-state index in [1.54, 1.807) is 22.0 Å². The van der Waals surface area contributed by atoms with E-state index in [0.717, 1.165) is 34.2 Å². The van der Waals surface area contributed by atoms with Gasteiger partial charge in [0.15, 0.2) is 0 Å². The molecule has 1 aliphatic carbocycles. The lowest BCUT2D eigenvalue weighted by Crippen LogP contribution is -2.46. The van der Waals surface area contributed by atoms with Crippen LogP contribution < -0.4 is 5.32 Å². The topological polar surface area (TPSA) is 125 Å². The number of aliphatic hydroxyl groups excluding tert-OH is 1. The van der Waals surface area contributed by atoms with Crippen LogP contribution in [0.3, 0.4) is 0 Å². The maximum absolute atomic E-state index is 13.8. The quantitative estimate of drug-likeness (QED) is 0.248. The van der Waals surface area contributed by atoms with Crippen LogP contribution in [0.4, 0.5) is 4.79 Å². The molecule has 256 valence electrons. The average molecular weight is 666 g/mol. The van der Waals surface area contributed by atoms with Gasteiger partial charge in [-0.2, -0.15) is 0 Å². The summed E-state index contributed by atoms with van der Waals surface area (Å²) in [7, 11) is 0. The highest BCUT2D eigenvalue weighted by Gasteiger charge is 2.36. The summed E-state index contributed by atoms with van der Waals surface area (Å²) in [5, 5.41) is 12.4. The summed E-state index contributed by atoms with van der Waals surface area (Å²) < 4.78 is 11.4. The molecule has 3 atom stereocenters. The van der Waals surface area contributed by atoms with Crippen molar-refractivity contribution >= 4 is 23.9 Å². The fourth-order valence-electron chi connectivity index (χ4n) is 7.13. The smallest absolute Gasteiger partial charge is 0.407 e. The minimum absolute atomic E-state index is 0.00245. The lowest BCUT2D eigenvalue weighted by atomic mass is 9.97. The van der Waals surface area contributed by atoms with Crippen LogP contribution in [0.25, 0.3) is 11.1 Å². The maximum Gasteiger partial charge on any atom is 0.407 e. The number of cyclic esters (lactones) is 1. The Kier molecular flexibility index (Phi) is 11.0.